The Labute approximate surface area is 136 Å². The van der Waals surface area contributed by atoms with Crippen molar-refractivity contribution < 1.29 is 4.79 Å². The van der Waals surface area contributed by atoms with E-state index in [2.05, 4.69) is 39.6 Å². The minimum absolute atomic E-state index is 0.0451. The Morgan fingerprint density at radius 2 is 2.13 bits per heavy atom. The lowest BCUT2D eigenvalue weighted by atomic mass is 9.79. The molecule has 5 heteroatoms. The second-order valence-electron chi connectivity index (χ2n) is 6.61. The van der Waals surface area contributed by atoms with Crippen LogP contribution in [0.1, 0.15) is 57.3 Å². The highest BCUT2D eigenvalue weighted by molar-refractivity contribution is 5.90. The number of unbranched alkanes of at least 4 members (excludes halogenated alkanes) is 3. The number of hydrazone groups is 1. The van der Waals surface area contributed by atoms with E-state index in [9.17, 15) is 4.79 Å². The van der Waals surface area contributed by atoms with Crippen molar-refractivity contribution in [1.29, 1.82) is 0 Å². The average molecular weight is 312 g/mol. The molecule has 0 aliphatic carbocycles. The molecule has 1 atom stereocenters. The summed E-state index contributed by atoms with van der Waals surface area (Å²) in [6, 6.07) is 6.18. The number of nitrogens with zero attached hydrogens (tertiary/aromatic N) is 2. The molecule has 1 aromatic heterocycles. The van der Waals surface area contributed by atoms with E-state index in [1.165, 1.54) is 25.7 Å². The van der Waals surface area contributed by atoms with E-state index in [4.69, 9.17) is 0 Å². The van der Waals surface area contributed by atoms with Crippen molar-refractivity contribution in [2.24, 2.45) is 5.10 Å². The number of H-pyrrole nitrogens is 1. The van der Waals surface area contributed by atoms with Crippen molar-refractivity contribution >= 4 is 23.2 Å². The van der Waals surface area contributed by atoms with E-state index in [-0.39, 0.29) is 11.3 Å². The van der Waals surface area contributed by atoms with Crippen LogP contribution in [0.5, 0.6) is 0 Å². The molecule has 1 amide bonds. The largest absolute Gasteiger partial charge is 0.342 e. The molecule has 1 unspecified atom stereocenters. The van der Waals surface area contributed by atoms with Gasteiger partial charge in [-0.25, -0.2) is 10.4 Å². The molecule has 0 radical (unpaired) electrons. The smallest absolute Gasteiger partial charge is 0.241 e. The molecule has 0 fully saturated rings. The fourth-order valence-electron chi connectivity index (χ4n) is 3.10. The fraction of sp³-hybridized carbons (Fsp3) is 0.500. The number of nitrogens with one attached hydrogen (secondary N) is 2. The zero-order chi connectivity index (χ0) is 16.3. The second-order valence-corrected chi connectivity index (χ2v) is 6.61. The normalized spacial score (nSPS) is 20.9. The number of hydrogen-bond acceptors (Lipinski definition) is 3. The van der Waals surface area contributed by atoms with Crippen LogP contribution in [0.3, 0.4) is 0 Å². The summed E-state index contributed by atoms with van der Waals surface area (Å²) in [7, 11) is 0. The van der Waals surface area contributed by atoms with Crippen LogP contribution < -0.4 is 5.43 Å². The third-order valence-electron chi connectivity index (χ3n) is 4.52. The SMILES string of the molecule is CCCCCCc1nc2ccc(C3(C)C=NNC(=O)C3)cc2[nH]1. The molecule has 1 aliphatic rings. The lowest BCUT2D eigenvalue weighted by Gasteiger charge is -2.27. The highest BCUT2D eigenvalue weighted by atomic mass is 16.2. The third-order valence-corrected chi connectivity index (χ3v) is 4.52. The topological polar surface area (TPSA) is 70.1 Å². The number of fused-ring (bicyclic) bond motifs is 1. The van der Waals surface area contributed by atoms with Gasteiger partial charge in [-0.3, -0.25) is 4.79 Å². The predicted octanol–water partition coefficient (Wildman–Crippen LogP) is 3.45. The lowest BCUT2D eigenvalue weighted by molar-refractivity contribution is -0.122. The maximum absolute atomic E-state index is 11.6. The van der Waals surface area contributed by atoms with Crippen LogP contribution in [0.4, 0.5) is 0 Å². The van der Waals surface area contributed by atoms with Gasteiger partial charge in [0.1, 0.15) is 5.82 Å². The van der Waals surface area contributed by atoms with Gasteiger partial charge in [0.15, 0.2) is 0 Å². The molecule has 0 bridgehead atoms. The van der Waals surface area contributed by atoms with Gasteiger partial charge >= 0.3 is 0 Å². The summed E-state index contributed by atoms with van der Waals surface area (Å²) in [5.74, 6) is 1.00. The monoisotopic (exact) mass is 312 g/mol. The second kappa shape index (κ2) is 6.52. The lowest BCUT2D eigenvalue weighted by Crippen LogP contribution is -2.37. The summed E-state index contributed by atoms with van der Waals surface area (Å²) in [5.41, 5.74) is 5.24. The first kappa shape index (κ1) is 15.7. The van der Waals surface area contributed by atoms with Crippen molar-refractivity contribution in [2.75, 3.05) is 0 Å². The van der Waals surface area contributed by atoms with Crippen molar-refractivity contribution in [3.8, 4) is 0 Å². The molecule has 122 valence electrons. The van der Waals surface area contributed by atoms with Gasteiger partial charge in [-0.05, 0) is 31.0 Å². The number of benzene rings is 1. The summed E-state index contributed by atoms with van der Waals surface area (Å²) >= 11 is 0. The van der Waals surface area contributed by atoms with E-state index in [0.29, 0.717) is 6.42 Å². The quantitative estimate of drug-likeness (QED) is 0.802. The fourth-order valence-corrected chi connectivity index (χ4v) is 3.10. The van der Waals surface area contributed by atoms with Crippen molar-refractivity contribution in [2.45, 2.75) is 57.8 Å². The van der Waals surface area contributed by atoms with E-state index < -0.39 is 0 Å². The Kier molecular flexibility index (Phi) is 4.46. The molecule has 5 nitrogen and oxygen atoms in total. The molecule has 0 saturated carbocycles. The van der Waals surface area contributed by atoms with Gasteiger partial charge in [0.2, 0.25) is 5.91 Å². The van der Waals surface area contributed by atoms with Crippen LogP contribution in [-0.2, 0) is 16.6 Å². The maximum atomic E-state index is 11.6. The molecule has 2 aromatic rings. The molecule has 1 aliphatic heterocycles. The molecular formula is C18H24N4O. The Bertz CT molecular complexity index is 734. The first-order valence-corrected chi connectivity index (χ1v) is 8.43. The molecule has 2 N–H and O–H groups in total. The Morgan fingerprint density at radius 3 is 2.91 bits per heavy atom. The van der Waals surface area contributed by atoms with Gasteiger partial charge in [0.05, 0.1) is 11.0 Å². The Morgan fingerprint density at radius 1 is 1.26 bits per heavy atom. The van der Waals surface area contributed by atoms with Crippen molar-refractivity contribution in [3.63, 3.8) is 0 Å². The van der Waals surface area contributed by atoms with Gasteiger partial charge in [0, 0.05) is 24.5 Å². The highest BCUT2D eigenvalue weighted by Gasteiger charge is 2.31. The van der Waals surface area contributed by atoms with Crippen LogP contribution >= 0.6 is 0 Å². The van der Waals surface area contributed by atoms with Crippen LogP contribution in [0.25, 0.3) is 11.0 Å². The number of amides is 1. The predicted molar refractivity (Wildman–Crippen MR) is 92.5 cm³/mol. The minimum atomic E-state index is -0.358. The summed E-state index contributed by atoms with van der Waals surface area (Å²) < 4.78 is 0. The zero-order valence-corrected chi connectivity index (χ0v) is 13.9. The zero-order valence-electron chi connectivity index (χ0n) is 13.9. The number of aryl methyl sites for hydroxylation is 1. The number of carbonyl (C=O) groups excluding carboxylic acids is 1. The maximum Gasteiger partial charge on any atom is 0.241 e. The van der Waals surface area contributed by atoms with E-state index in [0.717, 1.165) is 28.8 Å². The van der Waals surface area contributed by atoms with Crippen LogP contribution in [-0.4, -0.2) is 22.1 Å². The molecule has 0 saturated heterocycles. The Balaban J connectivity index is 1.80. The molecule has 1 aromatic carbocycles. The van der Waals surface area contributed by atoms with Crippen LogP contribution in [0, 0.1) is 0 Å². The highest BCUT2D eigenvalue weighted by Crippen LogP contribution is 2.29. The minimum Gasteiger partial charge on any atom is -0.342 e. The summed E-state index contributed by atoms with van der Waals surface area (Å²) in [6.45, 7) is 4.26. The van der Waals surface area contributed by atoms with Crippen molar-refractivity contribution in [1.82, 2.24) is 15.4 Å². The number of aromatic amines is 1. The number of carbonyl (C=O) groups is 1. The van der Waals surface area contributed by atoms with Gasteiger partial charge < -0.3 is 4.98 Å². The number of rotatable bonds is 6. The van der Waals surface area contributed by atoms with Crippen molar-refractivity contribution in [3.05, 3.63) is 29.6 Å². The third kappa shape index (κ3) is 3.44. The number of aromatic nitrogens is 2. The van der Waals surface area contributed by atoms with Gasteiger partial charge in [-0.2, -0.15) is 5.10 Å². The first-order valence-electron chi connectivity index (χ1n) is 8.43. The number of hydrogen-bond donors (Lipinski definition) is 2. The average Bonchev–Trinajstić information content (AvgIpc) is 2.93. The van der Waals surface area contributed by atoms with Gasteiger partial charge in [-0.1, -0.05) is 32.3 Å². The standard InChI is InChI=1S/C18H24N4O/c1-3-4-5-6-7-16-20-14-9-8-13(10-15(14)21-16)18(2)11-17(23)22-19-12-18/h8-10,12H,3-7,11H2,1-2H3,(H,20,21)(H,22,23). The van der Waals surface area contributed by atoms with E-state index >= 15 is 0 Å². The molecular weight excluding hydrogens is 288 g/mol. The molecule has 3 rings (SSSR count). The number of imidazole rings is 1. The summed E-state index contributed by atoms with van der Waals surface area (Å²) in [4.78, 5) is 19.7. The van der Waals surface area contributed by atoms with Crippen LogP contribution in [0.15, 0.2) is 23.3 Å². The first-order chi connectivity index (χ1) is 11.1. The van der Waals surface area contributed by atoms with Gasteiger partial charge in [-0.15, -0.1) is 0 Å². The van der Waals surface area contributed by atoms with E-state index in [1.807, 2.05) is 19.2 Å². The molecule has 2 heterocycles. The Hall–Kier alpha value is -2.17. The summed E-state index contributed by atoms with van der Waals surface area (Å²) in [5, 5.41) is 3.98. The van der Waals surface area contributed by atoms with E-state index in [1.54, 1.807) is 0 Å². The molecule has 23 heavy (non-hydrogen) atoms. The molecule has 0 spiro atoms. The van der Waals surface area contributed by atoms with Crippen LogP contribution in [0.2, 0.25) is 0 Å². The van der Waals surface area contributed by atoms with Gasteiger partial charge in [0.25, 0.3) is 0 Å². The summed E-state index contributed by atoms with van der Waals surface area (Å²) in [6.07, 6.45) is 8.18.